The molecule has 0 atom stereocenters. The number of nitrogens with one attached hydrogen (secondary N) is 1. The van der Waals surface area contributed by atoms with Crippen LogP contribution in [-0.2, 0) is 6.18 Å². The first-order valence-electron chi connectivity index (χ1n) is 9.23. The number of nitrogens with zero attached hydrogens (tertiary/aromatic N) is 6. The van der Waals surface area contributed by atoms with Gasteiger partial charge in [-0.2, -0.15) is 23.0 Å². The van der Waals surface area contributed by atoms with Crippen molar-refractivity contribution >= 4 is 11.6 Å². The average Bonchev–Trinajstić information content (AvgIpc) is 3.36. The molecule has 4 rings (SSSR count). The number of benzene rings is 2. The molecule has 0 spiro atoms. The largest absolute Gasteiger partial charge is 0.434 e. The zero-order valence-electron chi connectivity index (χ0n) is 16.7. The third-order valence-electron chi connectivity index (χ3n) is 4.62. The second-order valence-corrected chi connectivity index (χ2v) is 6.91. The number of halogens is 4. The SMILES string of the molecule is Cc1ccc(-n2ncc(C(=O)Nc3ccc(F)c(-n4nnnc4C)c3)c2C(F)(F)F)cc1. The summed E-state index contributed by atoms with van der Waals surface area (Å²) < 4.78 is 57.5. The lowest BCUT2D eigenvalue weighted by molar-refractivity contribution is -0.143. The minimum Gasteiger partial charge on any atom is -0.322 e. The maximum atomic E-state index is 14.2. The van der Waals surface area contributed by atoms with Gasteiger partial charge in [0.25, 0.3) is 5.91 Å². The van der Waals surface area contributed by atoms with Crippen molar-refractivity contribution in [1.82, 2.24) is 30.0 Å². The molecule has 2 aromatic heterocycles. The van der Waals surface area contributed by atoms with Crippen molar-refractivity contribution in [3.63, 3.8) is 0 Å². The van der Waals surface area contributed by atoms with Crippen molar-refractivity contribution in [2.24, 2.45) is 0 Å². The first-order valence-corrected chi connectivity index (χ1v) is 9.23. The lowest BCUT2D eigenvalue weighted by Crippen LogP contribution is -2.21. The van der Waals surface area contributed by atoms with E-state index in [-0.39, 0.29) is 22.9 Å². The van der Waals surface area contributed by atoms with Crippen LogP contribution in [0.2, 0.25) is 0 Å². The molecule has 8 nitrogen and oxygen atoms in total. The van der Waals surface area contributed by atoms with Gasteiger partial charge in [-0.05, 0) is 54.6 Å². The summed E-state index contributed by atoms with van der Waals surface area (Å²) in [5, 5.41) is 16.9. The van der Waals surface area contributed by atoms with Gasteiger partial charge in [0.2, 0.25) is 0 Å². The van der Waals surface area contributed by atoms with Crippen molar-refractivity contribution in [2.45, 2.75) is 20.0 Å². The molecule has 0 aliphatic rings. The van der Waals surface area contributed by atoms with E-state index in [1.807, 2.05) is 0 Å². The predicted molar refractivity (Wildman–Crippen MR) is 105 cm³/mol. The molecule has 1 amide bonds. The minimum atomic E-state index is -4.86. The van der Waals surface area contributed by atoms with Crippen molar-refractivity contribution in [3.8, 4) is 11.4 Å². The number of anilines is 1. The van der Waals surface area contributed by atoms with Crippen LogP contribution < -0.4 is 5.32 Å². The molecule has 0 aliphatic heterocycles. The van der Waals surface area contributed by atoms with Gasteiger partial charge in [-0.3, -0.25) is 4.79 Å². The molecule has 1 N–H and O–H groups in total. The zero-order chi connectivity index (χ0) is 23.0. The van der Waals surface area contributed by atoms with E-state index in [2.05, 4.69) is 25.9 Å². The Labute approximate surface area is 178 Å². The van der Waals surface area contributed by atoms with E-state index in [9.17, 15) is 22.4 Å². The minimum absolute atomic E-state index is 0.0533. The fourth-order valence-electron chi connectivity index (χ4n) is 3.07. The van der Waals surface area contributed by atoms with Gasteiger partial charge in [0.05, 0.1) is 17.4 Å². The summed E-state index contributed by atoms with van der Waals surface area (Å²) in [7, 11) is 0. The van der Waals surface area contributed by atoms with Gasteiger partial charge < -0.3 is 5.32 Å². The van der Waals surface area contributed by atoms with E-state index in [0.29, 0.717) is 4.68 Å². The number of amides is 1. The summed E-state index contributed by atoms with van der Waals surface area (Å²) in [4.78, 5) is 12.7. The first kappa shape index (κ1) is 21.2. The first-order chi connectivity index (χ1) is 15.1. The lowest BCUT2D eigenvalue weighted by atomic mass is 10.2. The summed E-state index contributed by atoms with van der Waals surface area (Å²) in [5.41, 5.74) is -0.910. The van der Waals surface area contributed by atoms with Crippen LogP contribution >= 0.6 is 0 Å². The van der Waals surface area contributed by atoms with Crippen molar-refractivity contribution < 1.29 is 22.4 Å². The molecule has 2 heterocycles. The molecular formula is C20H15F4N7O. The zero-order valence-corrected chi connectivity index (χ0v) is 16.7. The second kappa shape index (κ2) is 7.87. The number of hydrogen-bond acceptors (Lipinski definition) is 5. The average molecular weight is 445 g/mol. The number of alkyl halides is 3. The van der Waals surface area contributed by atoms with E-state index in [1.165, 1.54) is 24.3 Å². The fourth-order valence-corrected chi connectivity index (χ4v) is 3.07. The smallest absolute Gasteiger partial charge is 0.322 e. The third-order valence-corrected chi connectivity index (χ3v) is 4.62. The van der Waals surface area contributed by atoms with Crippen molar-refractivity contribution in [1.29, 1.82) is 0 Å². The number of hydrogen-bond donors (Lipinski definition) is 1. The number of carbonyl (C=O) groups is 1. The number of carbonyl (C=O) groups excluding carboxylic acids is 1. The Kier molecular flexibility index (Phi) is 5.20. The molecule has 32 heavy (non-hydrogen) atoms. The molecule has 0 saturated heterocycles. The Morgan fingerprint density at radius 1 is 1.03 bits per heavy atom. The molecule has 0 aliphatic carbocycles. The molecular weight excluding hydrogens is 430 g/mol. The fraction of sp³-hybridized carbons (Fsp3) is 0.150. The van der Waals surface area contributed by atoms with Crippen LogP contribution in [0.25, 0.3) is 11.4 Å². The monoisotopic (exact) mass is 445 g/mol. The standard InChI is InChI=1S/C20H15F4N7O/c1-11-3-6-14(7-4-11)31-18(20(22,23)24)15(10-25-31)19(32)26-13-5-8-16(21)17(9-13)30-12(2)27-28-29-30/h3-10H,1-2H3,(H,26,32). The van der Waals surface area contributed by atoms with E-state index >= 15 is 0 Å². The van der Waals surface area contributed by atoms with Gasteiger partial charge >= 0.3 is 6.18 Å². The topological polar surface area (TPSA) is 90.5 Å². The summed E-state index contributed by atoms with van der Waals surface area (Å²) in [5.74, 6) is -1.45. The maximum Gasteiger partial charge on any atom is 0.434 e. The second-order valence-electron chi connectivity index (χ2n) is 6.91. The Balaban J connectivity index is 1.70. The van der Waals surface area contributed by atoms with Crippen LogP contribution in [0, 0.1) is 19.7 Å². The molecule has 2 aromatic carbocycles. The molecule has 0 unspecified atom stereocenters. The lowest BCUT2D eigenvalue weighted by Gasteiger charge is -2.13. The van der Waals surface area contributed by atoms with Gasteiger partial charge in [-0.15, -0.1) is 5.10 Å². The Hall–Kier alpha value is -4.09. The number of aryl methyl sites for hydroxylation is 2. The van der Waals surface area contributed by atoms with E-state index < -0.39 is 29.2 Å². The molecule has 12 heteroatoms. The Bertz CT molecular complexity index is 1290. The van der Waals surface area contributed by atoms with Crippen LogP contribution in [-0.4, -0.2) is 35.9 Å². The number of aromatic nitrogens is 6. The van der Waals surface area contributed by atoms with Crippen LogP contribution in [0.5, 0.6) is 0 Å². The summed E-state index contributed by atoms with van der Waals surface area (Å²) in [6, 6.07) is 9.70. The molecule has 0 fully saturated rings. The number of rotatable bonds is 4. The highest BCUT2D eigenvalue weighted by Gasteiger charge is 2.40. The van der Waals surface area contributed by atoms with Gasteiger partial charge in [-0.1, -0.05) is 17.7 Å². The van der Waals surface area contributed by atoms with Gasteiger partial charge in [0.1, 0.15) is 11.5 Å². The Morgan fingerprint density at radius 3 is 2.38 bits per heavy atom. The molecule has 4 aromatic rings. The van der Waals surface area contributed by atoms with Crippen LogP contribution in [0.4, 0.5) is 23.2 Å². The van der Waals surface area contributed by atoms with Gasteiger partial charge in [0, 0.05) is 5.69 Å². The third kappa shape index (κ3) is 3.94. The maximum absolute atomic E-state index is 14.2. The van der Waals surface area contributed by atoms with Gasteiger partial charge in [0.15, 0.2) is 11.5 Å². The van der Waals surface area contributed by atoms with E-state index in [0.717, 1.165) is 22.5 Å². The summed E-state index contributed by atoms with van der Waals surface area (Å²) in [6.45, 7) is 3.34. The molecule has 0 radical (unpaired) electrons. The van der Waals surface area contributed by atoms with E-state index in [4.69, 9.17) is 0 Å². The van der Waals surface area contributed by atoms with Crippen LogP contribution in [0.3, 0.4) is 0 Å². The normalized spacial score (nSPS) is 11.6. The summed E-state index contributed by atoms with van der Waals surface area (Å²) >= 11 is 0. The van der Waals surface area contributed by atoms with Crippen LogP contribution in [0.1, 0.15) is 27.4 Å². The van der Waals surface area contributed by atoms with Crippen molar-refractivity contribution in [2.75, 3.05) is 5.32 Å². The highest BCUT2D eigenvalue weighted by Crippen LogP contribution is 2.34. The Morgan fingerprint density at radius 2 is 1.75 bits per heavy atom. The highest BCUT2D eigenvalue weighted by atomic mass is 19.4. The van der Waals surface area contributed by atoms with Crippen molar-refractivity contribution in [3.05, 3.63) is 77.1 Å². The van der Waals surface area contributed by atoms with Gasteiger partial charge in [-0.25, -0.2) is 9.07 Å². The molecule has 0 saturated carbocycles. The number of tetrazole rings is 1. The molecule has 164 valence electrons. The molecule has 0 bridgehead atoms. The van der Waals surface area contributed by atoms with Crippen LogP contribution in [0.15, 0.2) is 48.7 Å². The quantitative estimate of drug-likeness (QED) is 0.482. The van der Waals surface area contributed by atoms with E-state index in [1.54, 1.807) is 26.0 Å². The highest BCUT2D eigenvalue weighted by molar-refractivity contribution is 6.05. The summed E-state index contributed by atoms with van der Waals surface area (Å²) in [6.07, 6.45) is -4.01. The predicted octanol–water partition coefficient (Wildman–Crippen LogP) is 3.88.